The monoisotopic (exact) mass is 159 g/mol. The Morgan fingerprint density at radius 2 is 2.00 bits per heavy atom. The first-order valence-electron chi connectivity index (χ1n) is 3.31. The molecule has 0 unspecified atom stereocenters. The van der Waals surface area contributed by atoms with Gasteiger partial charge in [0.1, 0.15) is 0 Å². The fourth-order valence-corrected chi connectivity index (χ4v) is 0.790. The Bertz CT molecular complexity index is 179. The van der Waals surface area contributed by atoms with Crippen molar-refractivity contribution in [1.29, 1.82) is 0 Å². The molecule has 2 N–H and O–H groups in total. The maximum atomic E-state index is 11.0. The van der Waals surface area contributed by atoms with Crippen LogP contribution in [-0.2, 0) is 9.53 Å². The number of hydrogen-bond donors (Lipinski definition) is 1. The predicted octanol–water partition coefficient (Wildman–Crippen LogP) is 0.0133. The maximum Gasteiger partial charge on any atom is 0.394 e. The number of allylic oxidation sites excluding steroid dienone is 1. The second-order valence-corrected chi connectivity index (χ2v) is 2.71. The van der Waals surface area contributed by atoms with Crippen molar-refractivity contribution in [3.8, 4) is 0 Å². The van der Waals surface area contributed by atoms with Crippen molar-refractivity contribution >= 4 is 5.97 Å². The molecule has 0 aromatic rings. The lowest BCUT2D eigenvalue weighted by molar-refractivity contribution is -0.860. The lowest BCUT2D eigenvalue weighted by Crippen LogP contribution is -2.48. The average molecular weight is 159 g/mol. The molecule has 0 aromatic carbocycles. The van der Waals surface area contributed by atoms with Gasteiger partial charge in [0.05, 0.1) is 21.2 Å². The molecule has 4 heteroatoms. The van der Waals surface area contributed by atoms with E-state index in [1.165, 1.54) is 7.11 Å². The molecule has 11 heavy (non-hydrogen) atoms. The van der Waals surface area contributed by atoms with E-state index in [0.29, 0.717) is 5.70 Å². The first-order chi connectivity index (χ1) is 4.93. The number of quaternary nitrogens is 1. The van der Waals surface area contributed by atoms with Gasteiger partial charge < -0.3 is 4.74 Å². The number of carbonyl (C=O) groups excluding carboxylic acids is 1. The van der Waals surface area contributed by atoms with E-state index >= 15 is 0 Å². The molecule has 0 aliphatic heterocycles. The summed E-state index contributed by atoms with van der Waals surface area (Å²) in [4.78, 5) is 11.0. The van der Waals surface area contributed by atoms with Gasteiger partial charge in [0.15, 0.2) is 0 Å². The van der Waals surface area contributed by atoms with Crippen LogP contribution in [0, 0.1) is 0 Å². The van der Waals surface area contributed by atoms with Crippen molar-refractivity contribution in [2.24, 2.45) is 5.84 Å². The third-order valence-electron chi connectivity index (χ3n) is 1.29. The second-order valence-electron chi connectivity index (χ2n) is 2.71. The van der Waals surface area contributed by atoms with Crippen LogP contribution in [0.15, 0.2) is 11.8 Å². The minimum absolute atomic E-state index is 0.0107. The molecule has 0 saturated heterocycles. The van der Waals surface area contributed by atoms with Crippen molar-refractivity contribution in [1.82, 2.24) is 0 Å². The highest BCUT2D eigenvalue weighted by atomic mass is 16.5. The van der Waals surface area contributed by atoms with Crippen LogP contribution in [0.3, 0.4) is 0 Å². The third kappa shape index (κ3) is 2.69. The summed E-state index contributed by atoms with van der Waals surface area (Å²) in [7, 11) is 4.74. The van der Waals surface area contributed by atoms with Crippen molar-refractivity contribution in [3.63, 3.8) is 0 Å². The number of esters is 1. The second kappa shape index (κ2) is 3.50. The third-order valence-corrected chi connectivity index (χ3v) is 1.29. The zero-order valence-corrected chi connectivity index (χ0v) is 7.42. The molecule has 0 bridgehead atoms. The highest BCUT2D eigenvalue weighted by Crippen LogP contribution is 2.05. The molecule has 0 rings (SSSR count). The molecule has 0 heterocycles. The normalized spacial score (nSPS) is 13.0. The molecular formula is C7H15N2O2+. The van der Waals surface area contributed by atoms with Crippen molar-refractivity contribution in [2.75, 3.05) is 21.2 Å². The van der Waals surface area contributed by atoms with E-state index in [1.54, 1.807) is 27.1 Å². The molecule has 64 valence electrons. The van der Waals surface area contributed by atoms with Crippen LogP contribution in [-0.4, -0.2) is 31.8 Å². The first-order valence-corrected chi connectivity index (χ1v) is 3.31. The van der Waals surface area contributed by atoms with E-state index in [9.17, 15) is 4.79 Å². The number of methoxy groups -OCH3 is 1. The molecule has 0 aliphatic carbocycles. The van der Waals surface area contributed by atoms with E-state index in [2.05, 4.69) is 4.74 Å². The Morgan fingerprint density at radius 1 is 1.55 bits per heavy atom. The molecule has 0 saturated carbocycles. The first kappa shape index (κ1) is 10.1. The molecule has 0 atom stereocenters. The van der Waals surface area contributed by atoms with E-state index in [1.807, 2.05) is 0 Å². The summed E-state index contributed by atoms with van der Waals surface area (Å²) in [5.74, 6) is 5.25. The van der Waals surface area contributed by atoms with E-state index in [0.717, 1.165) is 0 Å². The SMILES string of the molecule is C/C=C(/C(=O)OC)[N+](C)(C)N. The Balaban J connectivity index is 4.58. The molecule has 0 fully saturated rings. The Hall–Kier alpha value is -0.870. The minimum Gasteiger partial charge on any atom is -0.462 e. The van der Waals surface area contributed by atoms with Crippen LogP contribution in [0.4, 0.5) is 0 Å². The predicted molar refractivity (Wildman–Crippen MR) is 42.1 cm³/mol. The van der Waals surface area contributed by atoms with Crippen LogP contribution in [0.5, 0.6) is 0 Å². The van der Waals surface area contributed by atoms with Gasteiger partial charge in [-0.15, -0.1) is 0 Å². The van der Waals surface area contributed by atoms with Crippen LogP contribution in [0.1, 0.15) is 6.92 Å². The zero-order chi connectivity index (χ0) is 9.07. The van der Waals surface area contributed by atoms with Gasteiger partial charge in [0.2, 0.25) is 5.70 Å². The molecule has 0 radical (unpaired) electrons. The number of likely N-dealkylation sites (N-methyl/N-ethyl adjacent to an activating group) is 1. The molecule has 0 aromatic heterocycles. The Morgan fingerprint density at radius 3 is 2.09 bits per heavy atom. The van der Waals surface area contributed by atoms with Gasteiger partial charge in [0.25, 0.3) is 0 Å². The fraction of sp³-hybridized carbons (Fsp3) is 0.571. The quantitative estimate of drug-likeness (QED) is 0.203. The summed E-state index contributed by atoms with van der Waals surface area (Å²) in [6.07, 6.45) is 1.64. The molecule has 0 aliphatic rings. The van der Waals surface area contributed by atoms with E-state index < -0.39 is 0 Å². The average Bonchev–Trinajstić information content (AvgIpc) is 1.86. The molecule has 0 spiro atoms. The van der Waals surface area contributed by atoms with Crippen LogP contribution >= 0.6 is 0 Å². The molecule has 4 nitrogen and oxygen atoms in total. The largest absolute Gasteiger partial charge is 0.462 e. The smallest absolute Gasteiger partial charge is 0.394 e. The summed E-state index contributed by atoms with van der Waals surface area (Å²) in [5.41, 5.74) is 0.438. The number of rotatable bonds is 2. The molecule has 0 amide bonds. The highest BCUT2D eigenvalue weighted by molar-refractivity contribution is 5.85. The standard InChI is InChI=1S/C7H15N2O2/c1-5-6(7(10)11-4)9(2,3)8/h5H,8H2,1-4H3/q+1/b6-5-. The van der Waals surface area contributed by atoms with Gasteiger partial charge in [0, 0.05) is 0 Å². The van der Waals surface area contributed by atoms with Crippen LogP contribution < -0.4 is 5.84 Å². The summed E-state index contributed by atoms with van der Waals surface area (Å²) in [5, 5.41) is 0. The number of nitrogens with two attached hydrogens (primary N) is 1. The van der Waals surface area contributed by atoms with Crippen LogP contribution in [0.2, 0.25) is 0 Å². The van der Waals surface area contributed by atoms with Gasteiger partial charge in [-0.3, -0.25) is 0 Å². The van der Waals surface area contributed by atoms with Crippen molar-refractivity contribution < 1.29 is 14.1 Å². The Kier molecular flexibility index (Phi) is 3.22. The molecular weight excluding hydrogens is 144 g/mol. The number of ether oxygens (including phenoxy) is 1. The van der Waals surface area contributed by atoms with E-state index in [4.69, 9.17) is 5.84 Å². The summed E-state index contributed by atoms with van der Waals surface area (Å²) < 4.78 is 4.52. The fourth-order valence-electron chi connectivity index (χ4n) is 0.790. The van der Waals surface area contributed by atoms with Crippen molar-refractivity contribution in [2.45, 2.75) is 6.92 Å². The number of carbonyl (C=O) groups is 1. The topological polar surface area (TPSA) is 52.3 Å². The van der Waals surface area contributed by atoms with Gasteiger partial charge in [-0.2, -0.15) is 5.84 Å². The van der Waals surface area contributed by atoms with Crippen molar-refractivity contribution in [3.05, 3.63) is 11.8 Å². The Labute approximate surface area is 66.8 Å². The number of hydrogen-bond acceptors (Lipinski definition) is 3. The highest BCUT2D eigenvalue weighted by Gasteiger charge is 2.25. The lowest BCUT2D eigenvalue weighted by atomic mass is 10.4. The summed E-state index contributed by atoms with van der Waals surface area (Å²) in [6, 6.07) is 0. The minimum atomic E-state index is -0.389. The number of nitrogens with zero attached hydrogens (tertiary/aromatic N) is 1. The maximum absolute atomic E-state index is 11.0. The summed E-state index contributed by atoms with van der Waals surface area (Å²) in [6.45, 7) is 1.75. The van der Waals surface area contributed by atoms with E-state index in [-0.39, 0.29) is 10.6 Å². The van der Waals surface area contributed by atoms with Gasteiger partial charge in [-0.25, -0.2) is 9.39 Å². The lowest BCUT2D eigenvalue weighted by Gasteiger charge is -2.22. The van der Waals surface area contributed by atoms with Gasteiger partial charge >= 0.3 is 5.97 Å². The zero-order valence-electron chi connectivity index (χ0n) is 7.42. The summed E-state index contributed by atoms with van der Waals surface area (Å²) >= 11 is 0. The van der Waals surface area contributed by atoms with Crippen LogP contribution in [0.25, 0.3) is 0 Å². The van der Waals surface area contributed by atoms with Gasteiger partial charge in [-0.1, -0.05) is 0 Å². The van der Waals surface area contributed by atoms with Gasteiger partial charge in [-0.05, 0) is 13.0 Å².